The Bertz CT molecular complexity index is 749. The van der Waals surface area contributed by atoms with Gasteiger partial charge in [-0.25, -0.2) is 4.79 Å². The molecular weight excluding hydrogens is 304 g/mol. The molecule has 0 unspecified atom stereocenters. The number of esters is 1. The first-order valence-electron chi connectivity index (χ1n) is 9.00. The van der Waals surface area contributed by atoms with Crippen LogP contribution in [0, 0.1) is 11.3 Å². The van der Waals surface area contributed by atoms with E-state index in [-0.39, 0.29) is 28.3 Å². The van der Waals surface area contributed by atoms with Gasteiger partial charge in [0.25, 0.3) is 0 Å². The monoisotopic (exact) mass is 330 g/mol. The summed E-state index contributed by atoms with van der Waals surface area (Å²) in [5, 5.41) is 21.5. The van der Waals surface area contributed by atoms with Crippen molar-refractivity contribution in [2.75, 3.05) is 0 Å². The van der Waals surface area contributed by atoms with E-state index in [0.29, 0.717) is 17.0 Å². The molecule has 0 radical (unpaired) electrons. The van der Waals surface area contributed by atoms with Crippen molar-refractivity contribution in [2.24, 2.45) is 11.3 Å². The summed E-state index contributed by atoms with van der Waals surface area (Å²) >= 11 is 0. The number of carbonyl (C=O) groups is 1. The lowest BCUT2D eigenvalue weighted by Gasteiger charge is -2.54. The number of benzene rings is 1. The zero-order valence-corrected chi connectivity index (χ0v) is 14.9. The van der Waals surface area contributed by atoms with Crippen LogP contribution in [0.1, 0.15) is 86.5 Å². The molecule has 4 rings (SSSR count). The van der Waals surface area contributed by atoms with Crippen molar-refractivity contribution in [3.8, 4) is 11.5 Å². The van der Waals surface area contributed by atoms with Crippen LogP contribution in [0.3, 0.4) is 0 Å². The van der Waals surface area contributed by atoms with Crippen LogP contribution < -0.4 is 0 Å². The topological polar surface area (TPSA) is 66.8 Å². The van der Waals surface area contributed by atoms with Crippen LogP contribution in [0.25, 0.3) is 0 Å². The van der Waals surface area contributed by atoms with E-state index in [9.17, 15) is 15.0 Å². The second-order valence-corrected chi connectivity index (χ2v) is 8.74. The highest BCUT2D eigenvalue weighted by molar-refractivity contribution is 5.98. The molecule has 2 aliphatic carbocycles. The van der Waals surface area contributed by atoms with Gasteiger partial charge in [0.05, 0.1) is 11.1 Å². The Labute approximate surface area is 142 Å². The van der Waals surface area contributed by atoms with Crippen LogP contribution >= 0.6 is 0 Å². The normalized spacial score (nSPS) is 33.4. The smallest absolute Gasteiger partial charge is 0.339 e. The average Bonchev–Trinajstić information content (AvgIpc) is 2.78. The maximum Gasteiger partial charge on any atom is 0.339 e. The van der Waals surface area contributed by atoms with Crippen molar-refractivity contribution in [3.63, 3.8) is 0 Å². The minimum Gasteiger partial charge on any atom is -0.504 e. The lowest BCUT2D eigenvalue weighted by molar-refractivity contribution is 0.0380. The van der Waals surface area contributed by atoms with Crippen LogP contribution in [0.5, 0.6) is 11.5 Å². The Morgan fingerprint density at radius 1 is 1.12 bits per heavy atom. The summed E-state index contributed by atoms with van der Waals surface area (Å²) < 4.78 is 5.33. The van der Waals surface area contributed by atoms with Crippen LogP contribution in [-0.2, 0) is 16.6 Å². The first-order valence-corrected chi connectivity index (χ1v) is 9.00. The molecule has 1 aliphatic heterocycles. The van der Waals surface area contributed by atoms with Crippen molar-refractivity contribution in [1.29, 1.82) is 0 Å². The molecule has 3 atom stereocenters. The molecule has 1 heterocycles. The van der Waals surface area contributed by atoms with Gasteiger partial charge in [-0.1, -0.05) is 27.2 Å². The van der Waals surface area contributed by atoms with Gasteiger partial charge in [0, 0.05) is 5.56 Å². The minimum absolute atomic E-state index is 0.0289. The molecule has 0 aromatic heterocycles. The van der Waals surface area contributed by atoms with E-state index in [1.54, 1.807) is 6.92 Å². The fourth-order valence-corrected chi connectivity index (χ4v) is 5.99. The third kappa shape index (κ3) is 1.77. The molecule has 2 N–H and O–H groups in total. The Balaban J connectivity index is 2.01. The predicted molar refractivity (Wildman–Crippen MR) is 90.4 cm³/mol. The van der Waals surface area contributed by atoms with Gasteiger partial charge in [0.2, 0.25) is 0 Å². The second-order valence-electron chi connectivity index (χ2n) is 8.74. The van der Waals surface area contributed by atoms with Gasteiger partial charge in [0.1, 0.15) is 6.10 Å². The molecule has 0 amide bonds. The van der Waals surface area contributed by atoms with Crippen LogP contribution in [0.2, 0.25) is 0 Å². The van der Waals surface area contributed by atoms with Crippen LogP contribution in [0.15, 0.2) is 0 Å². The predicted octanol–water partition coefficient (Wildman–Crippen LogP) is 4.36. The number of fused-ring (bicyclic) bond motifs is 5. The lowest BCUT2D eigenvalue weighted by atomic mass is 9.50. The molecule has 130 valence electrons. The average molecular weight is 330 g/mol. The van der Waals surface area contributed by atoms with Gasteiger partial charge in [-0.2, -0.15) is 0 Å². The summed E-state index contributed by atoms with van der Waals surface area (Å²) in [5.41, 5.74) is 2.67. The minimum atomic E-state index is -0.503. The zero-order chi connectivity index (χ0) is 17.4. The standard InChI is InChI=1S/C20H26O4/c1-10-13-14(18(23)24-10)11-6-7-12-19(2,3)8-5-9-20(12,4)15(11)17(22)16(13)21/h10,12,21-22H,5-9H2,1-4H3/t10-,12-,20+/m1/s1. The maximum absolute atomic E-state index is 12.4. The molecule has 0 bridgehead atoms. The summed E-state index contributed by atoms with van der Waals surface area (Å²) in [6.07, 6.45) is 4.52. The van der Waals surface area contributed by atoms with E-state index in [4.69, 9.17) is 4.74 Å². The number of phenolic OH excluding ortho intramolecular Hbond substituents is 2. The van der Waals surface area contributed by atoms with Gasteiger partial charge in [-0.3, -0.25) is 0 Å². The van der Waals surface area contributed by atoms with Crippen molar-refractivity contribution < 1.29 is 19.7 Å². The van der Waals surface area contributed by atoms with Gasteiger partial charge in [-0.05, 0) is 54.9 Å². The third-order valence-electron chi connectivity index (χ3n) is 6.97. The molecule has 0 saturated heterocycles. The molecule has 1 aromatic rings. The van der Waals surface area contributed by atoms with Crippen molar-refractivity contribution in [2.45, 2.75) is 71.3 Å². The molecule has 24 heavy (non-hydrogen) atoms. The summed E-state index contributed by atoms with van der Waals surface area (Å²) in [5.74, 6) is -0.114. The van der Waals surface area contributed by atoms with E-state index in [2.05, 4.69) is 20.8 Å². The molecule has 4 nitrogen and oxygen atoms in total. The second kappa shape index (κ2) is 4.68. The number of ether oxygens (including phenoxy) is 1. The van der Waals surface area contributed by atoms with Gasteiger partial charge in [-0.15, -0.1) is 0 Å². The highest BCUT2D eigenvalue weighted by Gasteiger charge is 2.53. The molecule has 1 saturated carbocycles. The van der Waals surface area contributed by atoms with E-state index in [0.717, 1.165) is 36.8 Å². The molecule has 3 aliphatic rings. The van der Waals surface area contributed by atoms with Crippen molar-refractivity contribution in [3.05, 3.63) is 22.3 Å². The van der Waals surface area contributed by atoms with Crippen LogP contribution in [-0.4, -0.2) is 16.2 Å². The number of hydrogen-bond donors (Lipinski definition) is 2. The lowest BCUT2D eigenvalue weighted by Crippen LogP contribution is -2.48. The Morgan fingerprint density at radius 2 is 1.83 bits per heavy atom. The fourth-order valence-electron chi connectivity index (χ4n) is 5.99. The van der Waals surface area contributed by atoms with Gasteiger partial charge in [0.15, 0.2) is 11.5 Å². The van der Waals surface area contributed by atoms with Crippen molar-refractivity contribution in [1.82, 2.24) is 0 Å². The number of phenols is 2. The number of cyclic esters (lactones) is 1. The van der Waals surface area contributed by atoms with E-state index in [1.165, 1.54) is 6.42 Å². The molecule has 1 fully saturated rings. The van der Waals surface area contributed by atoms with Gasteiger partial charge >= 0.3 is 5.97 Å². The largest absolute Gasteiger partial charge is 0.504 e. The van der Waals surface area contributed by atoms with E-state index in [1.807, 2.05) is 0 Å². The maximum atomic E-state index is 12.4. The van der Waals surface area contributed by atoms with Gasteiger partial charge < -0.3 is 14.9 Å². The molecular formula is C20H26O4. The SMILES string of the molecule is C[C@H]1OC(=O)c2c3c(c(O)c(O)c21)[C@@]1(C)CCCC(C)(C)[C@H]1CC3. The van der Waals surface area contributed by atoms with Crippen LogP contribution in [0.4, 0.5) is 0 Å². The number of carbonyl (C=O) groups excluding carboxylic acids is 1. The summed E-state index contributed by atoms with van der Waals surface area (Å²) in [4.78, 5) is 12.4. The molecule has 0 spiro atoms. The highest BCUT2D eigenvalue weighted by atomic mass is 16.5. The van der Waals surface area contributed by atoms with E-state index < -0.39 is 6.10 Å². The first kappa shape index (κ1) is 15.8. The molecule has 1 aromatic carbocycles. The number of hydrogen-bond acceptors (Lipinski definition) is 4. The Hall–Kier alpha value is -1.71. The Morgan fingerprint density at radius 3 is 2.54 bits per heavy atom. The summed E-state index contributed by atoms with van der Waals surface area (Å²) in [7, 11) is 0. The van der Waals surface area contributed by atoms with E-state index >= 15 is 0 Å². The Kier molecular flexibility index (Phi) is 3.08. The summed E-state index contributed by atoms with van der Waals surface area (Å²) in [6, 6.07) is 0. The third-order valence-corrected chi connectivity index (χ3v) is 6.97. The number of aromatic hydroxyl groups is 2. The molecule has 4 heteroatoms. The highest BCUT2D eigenvalue weighted by Crippen LogP contribution is 2.61. The number of rotatable bonds is 0. The quantitative estimate of drug-likeness (QED) is 0.548. The summed E-state index contributed by atoms with van der Waals surface area (Å²) in [6.45, 7) is 8.56. The fraction of sp³-hybridized carbons (Fsp3) is 0.650. The zero-order valence-electron chi connectivity index (χ0n) is 14.9. The first-order chi connectivity index (χ1) is 11.2. The van der Waals surface area contributed by atoms with Crippen molar-refractivity contribution >= 4 is 5.97 Å².